The van der Waals surface area contributed by atoms with Crippen LogP contribution in [-0.4, -0.2) is 32.1 Å². The topological polar surface area (TPSA) is 41.3 Å². The van der Waals surface area contributed by atoms with Gasteiger partial charge in [-0.3, -0.25) is 0 Å². The highest BCUT2D eigenvalue weighted by Gasteiger charge is 1.99. The average molecular weight is 214 g/mol. The van der Waals surface area contributed by atoms with Crippen LogP contribution in [0.25, 0.3) is 0 Å². The summed E-state index contributed by atoms with van der Waals surface area (Å²) < 4.78 is 0. The van der Waals surface area contributed by atoms with Crippen molar-refractivity contribution in [3.8, 4) is 0 Å². The lowest BCUT2D eigenvalue weighted by molar-refractivity contribution is 0.425. The van der Waals surface area contributed by atoms with Crippen molar-refractivity contribution in [1.82, 2.24) is 4.90 Å². The van der Waals surface area contributed by atoms with Crippen molar-refractivity contribution in [2.75, 3.05) is 38.2 Å². The molecule has 0 heterocycles. The molecule has 0 atom stereocenters. The van der Waals surface area contributed by atoms with Crippen molar-refractivity contribution in [2.24, 2.45) is 0 Å². The van der Waals surface area contributed by atoms with E-state index in [9.17, 15) is 0 Å². The smallest absolute Gasteiger partial charge is 0.0657 e. The number of nitrogens with one attached hydrogen (secondary N) is 1. The molecule has 0 fully saturated rings. The molecule has 0 aromatic heterocycles. The first-order chi connectivity index (χ1) is 6.59. The first-order valence-corrected chi connectivity index (χ1v) is 4.91. The molecule has 0 unspecified atom stereocenters. The third-order valence-electron chi connectivity index (χ3n) is 1.87. The second-order valence-electron chi connectivity index (χ2n) is 3.47. The van der Waals surface area contributed by atoms with E-state index in [4.69, 9.17) is 17.3 Å². The quantitative estimate of drug-likeness (QED) is 0.751. The van der Waals surface area contributed by atoms with Gasteiger partial charge in [0.2, 0.25) is 0 Å². The second-order valence-corrected chi connectivity index (χ2v) is 3.88. The highest BCUT2D eigenvalue weighted by molar-refractivity contribution is 6.33. The Balaban J connectivity index is 2.51. The summed E-state index contributed by atoms with van der Waals surface area (Å²) in [5.74, 6) is 0. The maximum atomic E-state index is 5.99. The van der Waals surface area contributed by atoms with Gasteiger partial charge in [0.25, 0.3) is 0 Å². The van der Waals surface area contributed by atoms with Crippen LogP contribution in [0.1, 0.15) is 0 Å². The molecule has 0 aliphatic heterocycles. The predicted molar refractivity (Wildman–Crippen MR) is 62.9 cm³/mol. The van der Waals surface area contributed by atoms with Crippen LogP contribution in [0, 0.1) is 0 Å². The molecule has 0 bridgehead atoms. The van der Waals surface area contributed by atoms with Crippen molar-refractivity contribution in [1.29, 1.82) is 0 Å². The zero-order chi connectivity index (χ0) is 10.6. The van der Waals surface area contributed by atoms with E-state index in [-0.39, 0.29) is 0 Å². The molecule has 0 spiro atoms. The third-order valence-corrected chi connectivity index (χ3v) is 2.18. The molecule has 14 heavy (non-hydrogen) atoms. The van der Waals surface area contributed by atoms with Crippen LogP contribution in [0.4, 0.5) is 11.4 Å². The van der Waals surface area contributed by atoms with Gasteiger partial charge in [-0.1, -0.05) is 11.6 Å². The van der Waals surface area contributed by atoms with Gasteiger partial charge in [0.1, 0.15) is 0 Å². The molecule has 0 aliphatic carbocycles. The fourth-order valence-corrected chi connectivity index (χ4v) is 1.34. The molecule has 0 amide bonds. The summed E-state index contributed by atoms with van der Waals surface area (Å²) in [5, 5.41) is 3.91. The summed E-state index contributed by atoms with van der Waals surface area (Å²) >= 11 is 5.99. The SMILES string of the molecule is CN(C)CCNc1ccc(N)cc1Cl. The monoisotopic (exact) mass is 213 g/mol. The minimum absolute atomic E-state index is 0.670. The lowest BCUT2D eigenvalue weighted by Crippen LogP contribution is -2.20. The molecule has 1 aromatic rings. The van der Waals surface area contributed by atoms with Gasteiger partial charge in [-0.25, -0.2) is 0 Å². The number of nitrogen functional groups attached to an aromatic ring is 1. The van der Waals surface area contributed by atoms with Crippen molar-refractivity contribution in [3.05, 3.63) is 23.2 Å². The molecule has 1 aromatic carbocycles. The van der Waals surface area contributed by atoms with Gasteiger partial charge in [-0.05, 0) is 32.3 Å². The van der Waals surface area contributed by atoms with E-state index in [1.807, 2.05) is 26.2 Å². The van der Waals surface area contributed by atoms with E-state index < -0.39 is 0 Å². The first-order valence-electron chi connectivity index (χ1n) is 4.53. The van der Waals surface area contributed by atoms with Crippen molar-refractivity contribution < 1.29 is 0 Å². The van der Waals surface area contributed by atoms with Crippen molar-refractivity contribution in [2.45, 2.75) is 0 Å². The number of likely N-dealkylation sites (N-methyl/N-ethyl adjacent to an activating group) is 1. The maximum absolute atomic E-state index is 5.99. The number of hydrogen-bond acceptors (Lipinski definition) is 3. The van der Waals surface area contributed by atoms with Gasteiger partial charge in [0.05, 0.1) is 10.7 Å². The van der Waals surface area contributed by atoms with Gasteiger partial charge in [0, 0.05) is 18.8 Å². The Morgan fingerprint density at radius 3 is 2.71 bits per heavy atom. The third kappa shape index (κ3) is 3.44. The molecule has 78 valence electrons. The van der Waals surface area contributed by atoms with Gasteiger partial charge in [0.15, 0.2) is 0 Å². The van der Waals surface area contributed by atoms with Gasteiger partial charge < -0.3 is 16.0 Å². The summed E-state index contributed by atoms with van der Waals surface area (Å²) in [5.41, 5.74) is 7.21. The fourth-order valence-electron chi connectivity index (χ4n) is 1.09. The molecule has 0 saturated carbocycles. The van der Waals surface area contributed by atoms with Crippen LogP contribution in [0.15, 0.2) is 18.2 Å². The number of hydrogen-bond donors (Lipinski definition) is 2. The number of nitrogens with two attached hydrogens (primary N) is 1. The lowest BCUT2D eigenvalue weighted by atomic mass is 10.3. The number of halogens is 1. The molecule has 4 heteroatoms. The van der Waals surface area contributed by atoms with Crippen LogP contribution in [0.5, 0.6) is 0 Å². The summed E-state index contributed by atoms with van der Waals surface area (Å²) in [6.45, 7) is 1.84. The minimum atomic E-state index is 0.670. The Labute approximate surface area is 89.8 Å². The molecule has 1 rings (SSSR count). The summed E-state index contributed by atoms with van der Waals surface area (Å²) in [6, 6.07) is 5.48. The molecule has 3 N–H and O–H groups in total. The van der Waals surface area contributed by atoms with E-state index in [0.29, 0.717) is 10.7 Å². The maximum Gasteiger partial charge on any atom is 0.0657 e. The summed E-state index contributed by atoms with van der Waals surface area (Å²) in [7, 11) is 4.07. The van der Waals surface area contributed by atoms with Crippen molar-refractivity contribution >= 4 is 23.0 Å². The van der Waals surface area contributed by atoms with E-state index in [2.05, 4.69) is 10.2 Å². The highest BCUT2D eigenvalue weighted by atomic mass is 35.5. The first kappa shape index (κ1) is 11.1. The zero-order valence-corrected chi connectivity index (χ0v) is 9.30. The van der Waals surface area contributed by atoms with Gasteiger partial charge in [-0.2, -0.15) is 0 Å². The predicted octanol–water partition coefficient (Wildman–Crippen LogP) is 1.90. The Bertz CT molecular complexity index is 299. The molecule has 0 aliphatic rings. The summed E-state index contributed by atoms with van der Waals surface area (Å²) in [4.78, 5) is 2.11. The highest BCUT2D eigenvalue weighted by Crippen LogP contribution is 2.23. The Kier molecular flexibility index (Phi) is 4.04. The molecule has 0 radical (unpaired) electrons. The fraction of sp³-hybridized carbons (Fsp3) is 0.400. The average Bonchev–Trinajstić information content (AvgIpc) is 2.08. The molecule has 0 saturated heterocycles. The van der Waals surface area contributed by atoms with Crippen LogP contribution in [0.3, 0.4) is 0 Å². The number of benzene rings is 1. The van der Waals surface area contributed by atoms with E-state index in [0.717, 1.165) is 18.8 Å². The standard InChI is InChI=1S/C10H16ClN3/c1-14(2)6-5-13-10-4-3-8(12)7-9(10)11/h3-4,7,13H,5-6,12H2,1-2H3. The summed E-state index contributed by atoms with van der Waals surface area (Å²) in [6.07, 6.45) is 0. The van der Waals surface area contributed by atoms with Gasteiger partial charge in [-0.15, -0.1) is 0 Å². The number of nitrogens with zero attached hydrogens (tertiary/aromatic N) is 1. The van der Waals surface area contributed by atoms with Crippen LogP contribution >= 0.6 is 11.6 Å². The van der Waals surface area contributed by atoms with E-state index in [1.54, 1.807) is 6.07 Å². The Morgan fingerprint density at radius 1 is 1.43 bits per heavy atom. The largest absolute Gasteiger partial charge is 0.399 e. The normalized spacial score (nSPS) is 10.6. The van der Waals surface area contributed by atoms with E-state index >= 15 is 0 Å². The Morgan fingerprint density at radius 2 is 2.14 bits per heavy atom. The molecule has 3 nitrogen and oxygen atoms in total. The molecular formula is C10H16ClN3. The molecular weight excluding hydrogens is 198 g/mol. The number of anilines is 2. The van der Waals surface area contributed by atoms with Gasteiger partial charge >= 0.3 is 0 Å². The van der Waals surface area contributed by atoms with Crippen LogP contribution < -0.4 is 11.1 Å². The van der Waals surface area contributed by atoms with Crippen LogP contribution in [-0.2, 0) is 0 Å². The zero-order valence-electron chi connectivity index (χ0n) is 8.55. The second kappa shape index (κ2) is 5.08. The minimum Gasteiger partial charge on any atom is -0.399 e. The van der Waals surface area contributed by atoms with Crippen LogP contribution in [0.2, 0.25) is 5.02 Å². The lowest BCUT2D eigenvalue weighted by Gasteiger charge is -2.12. The van der Waals surface area contributed by atoms with Crippen molar-refractivity contribution in [3.63, 3.8) is 0 Å². The Hall–Kier alpha value is -0.930. The number of rotatable bonds is 4. The van der Waals surface area contributed by atoms with E-state index in [1.165, 1.54) is 0 Å².